The highest BCUT2D eigenvalue weighted by Crippen LogP contribution is 2.24. The fraction of sp³-hybridized carbons (Fsp3) is 0.750. The molecular formula is C4H6O5. The molecule has 1 fully saturated rings. The quantitative estimate of drug-likeness (QED) is 0.458. The fourth-order valence-corrected chi connectivity index (χ4v) is 0.417. The van der Waals surface area contributed by atoms with E-state index in [0.717, 1.165) is 0 Å². The molecule has 0 aromatic rings. The van der Waals surface area contributed by atoms with Crippen LogP contribution in [0, 0.1) is 0 Å². The van der Waals surface area contributed by atoms with Crippen LogP contribution in [0.4, 0.5) is 4.79 Å². The summed E-state index contributed by atoms with van der Waals surface area (Å²) in [4.78, 5) is 9.90. The maximum absolute atomic E-state index is 9.90. The first-order valence-electron chi connectivity index (χ1n) is 2.37. The van der Waals surface area contributed by atoms with Crippen molar-refractivity contribution in [2.24, 2.45) is 0 Å². The molecule has 52 valence electrons. The molecule has 1 saturated heterocycles. The molecular weight excluding hydrogens is 128 g/mol. The Kier molecular flexibility index (Phi) is 1.11. The first-order valence-corrected chi connectivity index (χ1v) is 2.37. The summed E-state index contributed by atoms with van der Waals surface area (Å²) in [5, 5.41) is 17.3. The Balaban J connectivity index is 2.49. The Bertz CT molecular complexity index is 132. The van der Waals surface area contributed by atoms with Crippen molar-refractivity contribution in [3.63, 3.8) is 0 Å². The lowest BCUT2D eigenvalue weighted by molar-refractivity contribution is -0.415. The number of aliphatic hydroxyl groups excluding tert-OH is 1. The molecule has 0 aromatic heterocycles. The molecule has 5 nitrogen and oxygen atoms in total. The first-order chi connectivity index (χ1) is 4.04. The van der Waals surface area contributed by atoms with Gasteiger partial charge in [0.15, 0.2) is 6.10 Å². The average Bonchev–Trinajstić information content (AvgIpc) is 1.62. The van der Waals surface area contributed by atoms with Crippen molar-refractivity contribution in [1.82, 2.24) is 0 Å². The Hall–Kier alpha value is -0.810. The topological polar surface area (TPSA) is 76.0 Å². The van der Waals surface area contributed by atoms with Gasteiger partial charge >= 0.3 is 12.1 Å². The number of carbonyl (C=O) groups excluding carboxylic acids is 1. The van der Waals surface area contributed by atoms with E-state index in [1.165, 1.54) is 6.92 Å². The van der Waals surface area contributed by atoms with Crippen LogP contribution >= 0.6 is 0 Å². The summed E-state index contributed by atoms with van der Waals surface area (Å²) in [6, 6.07) is 0. The average molecular weight is 134 g/mol. The molecule has 0 radical (unpaired) electrons. The van der Waals surface area contributed by atoms with Gasteiger partial charge in [-0.25, -0.2) is 4.79 Å². The van der Waals surface area contributed by atoms with Crippen LogP contribution in [0.1, 0.15) is 6.92 Å². The Morgan fingerprint density at radius 1 is 1.67 bits per heavy atom. The van der Waals surface area contributed by atoms with E-state index >= 15 is 0 Å². The summed E-state index contributed by atoms with van der Waals surface area (Å²) in [6.07, 6.45) is -2.20. The van der Waals surface area contributed by atoms with E-state index in [4.69, 9.17) is 10.2 Å². The molecule has 0 bridgehead atoms. The van der Waals surface area contributed by atoms with E-state index in [1.807, 2.05) is 0 Å². The van der Waals surface area contributed by atoms with E-state index in [9.17, 15) is 4.79 Å². The molecule has 1 aliphatic heterocycles. The largest absolute Gasteiger partial charge is 0.518 e. The summed E-state index contributed by atoms with van der Waals surface area (Å²) in [7, 11) is 0. The van der Waals surface area contributed by atoms with E-state index in [0.29, 0.717) is 0 Å². The van der Waals surface area contributed by atoms with Crippen LogP contribution < -0.4 is 0 Å². The molecule has 0 amide bonds. The number of hydrogen-bond acceptors (Lipinski definition) is 5. The second-order valence-corrected chi connectivity index (χ2v) is 1.76. The van der Waals surface area contributed by atoms with Crippen molar-refractivity contribution < 1.29 is 24.5 Å². The maximum atomic E-state index is 9.90. The summed E-state index contributed by atoms with van der Waals surface area (Å²) in [6.45, 7) is 1.24. The number of ether oxygens (including phenoxy) is 2. The minimum atomic E-state index is -2.10. The van der Waals surface area contributed by atoms with Crippen molar-refractivity contribution in [2.45, 2.75) is 19.0 Å². The van der Waals surface area contributed by atoms with Crippen LogP contribution in [-0.2, 0) is 9.47 Å². The third kappa shape index (κ3) is 0.839. The minimum Gasteiger partial charge on any atom is -0.382 e. The van der Waals surface area contributed by atoms with Crippen molar-refractivity contribution in [3.05, 3.63) is 0 Å². The molecule has 0 aromatic carbocycles. The molecule has 1 aliphatic rings. The molecule has 9 heavy (non-hydrogen) atoms. The summed E-state index contributed by atoms with van der Waals surface area (Å²) >= 11 is 0. The van der Waals surface area contributed by atoms with E-state index < -0.39 is 18.2 Å². The van der Waals surface area contributed by atoms with Gasteiger partial charge < -0.3 is 19.7 Å². The van der Waals surface area contributed by atoms with Gasteiger partial charge in [0.2, 0.25) is 0 Å². The van der Waals surface area contributed by atoms with E-state index in [1.54, 1.807) is 0 Å². The van der Waals surface area contributed by atoms with Gasteiger partial charge in [-0.2, -0.15) is 0 Å². The van der Waals surface area contributed by atoms with E-state index in [-0.39, 0.29) is 0 Å². The highest BCUT2D eigenvalue weighted by Gasteiger charge is 2.51. The minimum absolute atomic E-state index is 0.974. The van der Waals surface area contributed by atoms with Crippen LogP contribution in [-0.4, -0.2) is 28.4 Å². The van der Waals surface area contributed by atoms with Crippen molar-refractivity contribution in [3.8, 4) is 0 Å². The molecule has 0 unspecified atom stereocenters. The molecule has 0 saturated carbocycles. The van der Waals surface area contributed by atoms with Crippen molar-refractivity contribution in [1.29, 1.82) is 0 Å². The van der Waals surface area contributed by atoms with Gasteiger partial charge in [0.1, 0.15) is 0 Å². The van der Waals surface area contributed by atoms with Crippen molar-refractivity contribution in [2.75, 3.05) is 0 Å². The number of carbonyl (C=O) groups is 1. The summed E-state index contributed by atoms with van der Waals surface area (Å²) in [5.41, 5.74) is 0. The van der Waals surface area contributed by atoms with Crippen LogP contribution in [0.2, 0.25) is 0 Å². The third-order valence-corrected chi connectivity index (χ3v) is 0.987. The molecule has 1 atom stereocenters. The molecule has 1 rings (SSSR count). The Morgan fingerprint density at radius 2 is 2.11 bits per heavy atom. The standard InChI is InChI=1S/C4H6O5/c1-2(5)4(7)8-3(6)9-4/h2,5,7H,1H3/t2-/m1/s1. The lowest BCUT2D eigenvalue weighted by atomic mass is 10.3. The summed E-state index contributed by atoms with van der Waals surface area (Å²) in [5.74, 6) is -2.10. The van der Waals surface area contributed by atoms with Gasteiger partial charge in [-0.05, 0) is 6.92 Å². The molecule has 0 spiro atoms. The Labute approximate surface area is 50.8 Å². The first kappa shape index (κ1) is 6.31. The van der Waals surface area contributed by atoms with Gasteiger partial charge in [-0.3, -0.25) is 0 Å². The van der Waals surface area contributed by atoms with Crippen LogP contribution in [0.15, 0.2) is 0 Å². The lowest BCUT2D eigenvalue weighted by Crippen LogP contribution is -2.57. The zero-order valence-electron chi connectivity index (χ0n) is 4.70. The van der Waals surface area contributed by atoms with Crippen LogP contribution in [0.5, 0.6) is 0 Å². The van der Waals surface area contributed by atoms with Crippen LogP contribution in [0.25, 0.3) is 0 Å². The van der Waals surface area contributed by atoms with E-state index in [2.05, 4.69) is 9.47 Å². The SMILES string of the molecule is C[C@@H](O)C1(O)OC(=O)O1. The predicted molar refractivity (Wildman–Crippen MR) is 24.2 cm³/mol. The van der Waals surface area contributed by atoms with Gasteiger partial charge in [-0.1, -0.05) is 0 Å². The molecule has 5 heteroatoms. The molecule has 0 aliphatic carbocycles. The van der Waals surface area contributed by atoms with Gasteiger partial charge in [0.25, 0.3) is 0 Å². The second-order valence-electron chi connectivity index (χ2n) is 1.76. The summed E-state index contributed by atoms with van der Waals surface area (Å²) < 4.78 is 8.06. The van der Waals surface area contributed by atoms with Crippen LogP contribution in [0.3, 0.4) is 0 Å². The smallest absolute Gasteiger partial charge is 0.382 e. The highest BCUT2D eigenvalue weighted by atomic mass is 17.0. The normalized spacial score (nSPS) is 25.4. The fourth-order valence-electron chi connectivity index (χ4n) is 0.417. The maximum Gasteiger partial charge on any atom is 0.518 e. The lowest BCUT2D eigenvalue weighted by Gasteiger charge is -2.35. The predicted octanol–water partition coefficient (Wildman–Crippen LogP) is -0.820. The molecule has 1 heterocycles. The van der Waals surface area contributed by atoms with Crippen molar-refractivity contribution >= 4 is 6.16 Å². The second kappa shape index (κ2) is 1.58. The van der Waals surface area contributed by atoms with Gasteiger partial charge in [-0.15, -0.1) is 0 Å². The number of rotatable bonds is 1. The zero-order chi connectivity index (χ0) is 7.07. The highest BCUT2D eigenvalue weighted by molar-refractivity contribution is 5.65. The monoisotopic (exact) mass is 134 g/mol. The zero-order valence-corrected chi connectivity index (χ0v) is 4.70. The number of hydrogen-bond donors (Lipinski definition) is 2. The number of cyclic esters (lactones) is 2. The Morgan fingerprint density at radius 3 is 2.22 bits per heavy atom. The van der Waals surface area contributed by atoms with Gasteiger partial charge in [0.05, 0.1) is 0 Å². The van der Waals surface area contributed by atoms with Gasteiger partial charge in [0, 0.05) is 0 Å². The number of aliphatic hydroxyl groups is 2. The molecule has 2 N–H and O–H groups in total. The third-order valence-electron chi connectivity index (χ3n) is 0.987.